The van der Waals surface area contributed by atoms with Crippen molar-refractivity contribution in [1.82, 2.24) is 15.2 Å². The molecule has 2 aromatic rings. The third kappa shape index (κ3) is 6.05. The van der Waals surface area contributed by atoms with Crippen LogP contribution < -0.4 is 24.4 Å². The molecule has 31 heavy (non-hydrogen) atoms. The van der Waals surface area contributed by atoms with Crippen LogP contribution in [0.1, 0.15) is 5.56 Å². The van der Waals surface area contributed by atoms with Gasteiger partial charge in [0.05, 0.1) is 21.3 Å². The summed E-state index contributed by atoms with van der Waals surface area (Å²) in [5.41, 5.74) is 1.05. The Bertz CT molecular complexity index is 843. The summed E-state index contributed by atoms with van der Waals surface area (Å²) < 4.78 is 16.4. The highest BCUT2D eigenvalue weighted by atomic mass is 127. The van der Waals surface area contributed by atoms with Gasteiger partial charge in [-0.15, -0.1) is 24.0 Å². The summed E-state index contributed by atoms with van der Waals surface area (Å²) in [7, 11) is 6.71. The van der Waals surface area contributed by atoms with E-state index in [0.29, 0.717) is 17.2 Å². The van der Waals surface area contributed by atoms with Crippen LogP contribution in [0.5, 0.6) is 17.2 Å². The zero-order valence-corrected chi connectivity index (χ0v) is 21.0. The van der Waals surface area contributed by atoms with Crippen LogP contribution >= 0.6 is 24.0 Å². The van der Waals surface area contributed by atoms with Crippen molar-refractivity contribution < 1.29 is 14.2 Å². The van der Waals surface area contributed by atoms with Gasteiger partial charge in [-0.2, -0.15) is 0 Å². The molecular formula is C22H32IN5O3. The number of aromatic nitrogens is 1. The SMILES string of the molecule is CN=C(NCCc1ccc(OC)c(OC)c1OC)N1CCN(c2ccccn2)CC1.I. The molecule has 0 bridgehead atoms. The summed E-state index contributed by atoms with van der Waals surface area (Å²) in [5, 5.41) is 3.47. The van der Waals surface area contributed by atoms with Crippen LogP contribution in [0, 0.1) is 0 Å². The van der Waals surface area contributed by atoms with E-state index >= 15 is 0 Å². The molecule has 2 heterocycles. The summed E-state index contributed by atoms with van der Waals surface area (Å²) >= 11 is 0. The molecule has 8 nitrogen and oxygen atoms in total. The number of hydrogen-bond donors (Lipinski definition) is 1. The number of benzene rings is 1. The molecule has 0 spiro atoms. The Labute approximate surface area is 201 Å². The molecule has 0 amide bonds. The van der Waals surface area contributed by atoms with Crippen molar-refractivity contribution in [1.29, 1.82) is 0 Å². The number of methoxy groups -OCH3 is 3. The number of anilines is 1. The van der Waals surface area contributed by atoms with E-state index in [0.717, 1.165) is 56.5 Å². The van der Waals surface area contributed by atoms with Gasteiger partial charge in [-0.1, -0.05) is 12.1 Å². The van der Waals surface area contributed by atoms with Crippen molar-refractivity contribution in [2.75, 3.05) is 66.0 Å². The van der Waals surface area contributed by atoms with Crippen LogP contribution in [0.15, 0.2) is 41.5 Å². The molecule has 0 saturated carbocycles. The number of aliphatic imine (C=N–C) groups is 1. The van der Waals surface area contributed by atoms with E-state index in [1.807, 2.05) is 37.5 Å². The molecule has 3 rings (SSSR count). The first-order valence-electron chi connectivity index (χ1n) is 10.1. The summed E-state index contributed by atoms with van der Waals surface area (Å²) in [4.78, 5) is 13.5. The van der Waals surface area contributed by atoms with Gasteiger partial charge in [0.25, 0.3) is 0 Å². The second kappa shape index (κ2) is 12.4. The van der Waals surface area contributed by atoms with Crippen LogP contribution in [0.2, 0.25) is 0 Å². The second-order valence-electron chi connectivity index (χ2n) is 6.88. The Morgan fingerprint density at radius 3 is 2.32 bits per heavy atom. The predicted molar refractivity (Wildman–Crippen MR) is 135 cm³/mol. The molecule has 1 aliphatic rings. The van der Waals surface area contributed by atoms with Gasteiger partial charge in [0.2, 0.25) is 5.75 Å². The van der Waals surface area contributed by atoms with Crippen molar-refractivity contribution >= 4 is 35.8 Å². The van der Waals surface area contributed by atoms with Gasteiger partial charge in [0.15, 0.2) is 17.5 Å². The Kier molecular flexibility index (Phi) is 9.96. The van der Waals surface area contributed by atoms with Gasteiger partial charge in [0, 0.05) is 51.5 Å². The number of guanidine groups is 1. The van der Waals surface area contributed by atoms with Gasteiger partial charge in [-0.25, -0.2) is 4.98 Å². The number of nitrogens with one attached hydrogen (secondary N) is 1. The molecule has 0 aliphatic carbocycles. The lowest BCUT2D eigenvalue weighted by Crippen LogP contribution is -2.53. The van der Waals surface area contributed by atoms with Crippen LogP contribution in [0.3, 0.4) is 0 Å². The Morgan fingerprint density at radius 2 is 1.74 bits per heavy atom. The molecule has 1 saturated heterocycles. The zero-order chi connectivity index (χ0) is 21.3. The number of ether oxygens (including phenoxy) is 3. The lowest BCUT2D eigenvalue weighted by atomic mass is 10.1. The fourth-order valence-corrected chi connectivity index (χ4v) is 3.69. The lowest BCUT2D eigenvalue weighted by molar-refractivity contribution is 0.322. The minimum Gasteiger partial charge on any atom is -0.493 e. The van der Waals surface area contributed by atoms with E-state index in [-0.39, 0.29) is 24.0 Å². The Hall–Kier alpha value is -2.43. The minimum absolute atomic E-state index is 0. The molecule has 1 aromatic carbocycles. The normalized spacial score (nSPS) is 14.0. The highest BCUT2D eigenvalue weighted by molar-refractivity contribution is 14.0. The standard InChI is InChI=1S/C22H31N5O3.HI/c1-23-22(27-15-13-26(14-16-27)19-7-5-6-11-24-19)25-12-10-17-8-9-18(28-2)21(30-4)20(17)29-3;/h5-9,11H,10,12-16H2,1-4H3,(H,23,25);1H. The van der Waals surface area contributed by atoms with Gasteiger partial charge in [0.1, 0.15) is 5.82 Å². The molecule has 9 heteroatoms. The van der Waals surface area contributed by atoms with Crippen molar-refractivity contribution in [3.05, 3.63) is 42.1 Å². The second-order valence-corrected chi connectivity index (χ2v) is 6.88. The minimum atomic E-state index is 0. The van der Waals surface area contributed by atoms with E-state index in [1.165, 1.54) is 0 Å². The van der Waals surface area contributed by atoms with Gasteiger partial charge in [-0.3, -0.25) is 4.99 Å². The lowest BCUT2D eigenvalue weighted by Gasteiger charge is -2.37. The smallest absolute Gasteiger partial charge is 0.203 e. The fraction of sp³-hybridized carbons (Fsp3) is 0.455. The van der Waals surface area contributed by atoms with Crippen LogP contribution in [0.25, 0.3) is 0 Å². The van der Waals surface area contributed by atoms with Crippen molar-refractivity contribution in [3.63, 3.8) is 0 Å². The maximum Gasteiger partial charge on any atom is 0.203 e. The average molecular weight is 541 g/mol. The van der Waals surface area contributed by atoms with Crippen molar-refractivity contribution in [2.24, 2.45) is 4.99 Å². The first-order chi connectivity index (χ1) is 14.7. The van der Waals surface area contributed by atoms with Crippen LogP contribution in [-0.4, -0.2) is 76.9 Å². The number of nitrogens with zero attached hydrogens (tertiary/aromatic N) is 4. The van der Waals surface area contributed by atoms with Crippen LogP contribution in [0.4, 0.5) is 5.82 Å². The number of halogens is 1. The third-order valence-corrected chi connectivity index (χ3v) is 5.23. The van der Waals surface area contributed by atoms with Gasteiger partial charge in [-0.05, 0) is 24.6 Å². The summed E-state index contributed by atoms with van der Waals surface area (Å²) in [6, 6.07) is 9.94. The van der Waals surface area contributed by atoms with Crippen LogP contribution in [-0.2, 0) is 6.42 Å². The number of piperazine rings is 1. The average Bonchev–Trinajstić information content (AvgIpc) is 2.82. The molecule has 0 radical (unpaired) electrons. The summed E-state index contributed by atoms with van der Waals surface area (Å²) in [5.74, 6) is 3.92. The van der Waals surface area contributed by atoms with E-state index in [4.69, 9.17) is 14.2 Å². The Morgan fingerprint density at radius 1 is 1.00 bits per heavy atom. The third-order valence-electron chi connectivity index (χ3n) is 5.23. The number of rotatable bonds is 7. The number of pyridine rings is 1. The topological polar surface area (TPSA) is 71.5 Å². The summed E-state index contributed by atoms with van der Waals surface area (Å²) in [6.07, 6.45) is 2.61. The largest absolute Gasteiger partial charge is 0.493 e. The monoisotopic (exact) mass is 541 g/mol. The fourth-order valence-electron chi connectivity index (χ4n) is 3.69. The number of hydrogen-bond acceptors (Lipinski definition) is 6. The molecule has 170 valence electrons. The van der Waals surface area contributed by atoms with Crippen molar-refractivity contribution in [2.45, 2.75) is 6.42 Å². The molecule has 1 N–H and O–H groups in total. The molecule has 1 fully saturated rings. The predicted octanol–water partition coefficient (Wildman–Crippen LogP) is 2.67. The molecule has 0 unspecified atom stereocenters. The van der Waals surface area contributed by atoms with Gasteiger partial charge < -0.3 is 29.3 Å². The van der Waals surface area contributed by atoms with Crippen molar-refractivity contribution in [3.8, 4) is 17.2 Å². The van der Waals surface area contributed by atoms with E-state index in [1.54, 1.807) is 21.3 Å². The zero-order valence-electron chi connectivity index (χ0n) is 18.6. The van der Waals surface area contributed by atoms with E-state index in [2.05, 4.69) is 31.2 Å². The molecule has 0 atom stereocenters. The molecule has 1 aliphatic heterocycles. The maximum absolute atomic E-state index is 5.58. The highest BCUT2D eigenvalue weighted by Crippen LogP contribution is 2.39. The van der Waals surface area contributed by atoms with E-state index < -0.39 is 0 Å². The highest BCUT2D eigenvalue weighted by Gasteiger charge is 2.21. The first kappa shape index (κ1) is 24.8. The molecular weight excluding hydrogens is 509 g/mol. The quantitative estimate of drug-likeness (QED) is 0.329. The Balaban J connectivity index is 0.00000341. The maximum atomic E-state index is 5.58. The summed E-state index contributed by atoms with van der Waals surface area (Å²) in [6.45, 7) is 4.37. The first-order valence-corrected chi connectivity index (χ1v) is 10.1. The van der Waals surface area contributed by atoms with Gasteiger partial charge >= 0.3 is 0 Å². The molecule has 1 aromatic heterocycles. The van der Waals surface area contributed by atoms with E-state index in [9.17, 15) is 0 Å².